The number of rotatable bonds is 2. The number of hydrogen-bond acceptors (Lipinski definition) is 5. The van der Waals surface area contributed by atoms with Gasteiger partial charge in [0.2, 0.25) is 0 Å². The molecule has 1 unspecified atom stereocenters. The van der Waals surface area contributed by atoms with Gasteiger partial charge in [-0.05, 0) is 50.2 Å². The van der Waals surface area contributed by atoms with E-state index in [0.717, 1.165) is 49.6 Å². The molecule has 110 valence electrons. The number of likely N-dealkylation sites (tertiary alicyclic amines) is 1. The smallest absolute Gasteiger partial charge is 0.267 e. The van der Waals surface area contributed by atoms with E-state index in [1.165, 1.54) is 30.8 Å². The fraction of sp³-hybridized carbons (Fsp3) is 0.786. The lowest BCUT2D eigenvalue weighted by Gasteiger charge is -2.45. The Morgan fingerprint density at radius 2 is 2.30 bits per heavy atom. The molecule has 1 spiro atoms. The van der Waals surface area contributed by atoms with Crippen molar-refractivity contribution in [2.75, 3.05) is 26.2 Å². The molecule has 0 radical (unpaired) electrons. The predicted octanol–water partition coefficient (Wildman–Crippen LogP) is 1.71. The summed E-state index contributed by atoms with van der Waals surface area (Å²) in [5.41, 5.74) is 1.15. The zero-order chi connectivity index (χ0) is 14.0. The average Bonchev–Trinajstić information content (AvgIpc) is 2.96. The van der Waals surface area contributed by atoms with Crippen molar-refractivity contribution in [1.82, 2.24) is 19.8 Å². The predicted molar refractivity (Wildman–Crippen MR) is 79.0 cm³/mol. The van der Waals surface area contributed by atoms with Crippen LogP contribution in [0.4, 0.5) is 0 Å². The Balaban J connectivity index is 1.75. The van der Waals surface area contributed by atoms with Gasteiger partial charge in [0.25, 0.3) is 5.91 Å². The third-order valence-corrected chi connectivity index (χ3v) is 5.35. The standard InChI is InChI=1S/C14H22N4OS/c1-2-11-12(20-17-16-11)13(19)18-8-4-6-14(10-18)5-3-7-15-9-14/h15H,2-10H2,1H3. The van der Waals surface area contributed by atoms with Crippen molar-refractivity contribution in [3.05, 3.63) is 10.6 Å². The van der Waals surface area contributed by atoms with Crippen molar-refractivity contribution in [3.8, 4) is 0 Å². The summed E-state index contributed by atoms with van der Waals surface area (Å²) in [5, 5.41) is 7.57. The first-order chi connectivity index (χ1) is 9.74. The molecule has 3 heterocycles. The first-order valence-corrected chi connectivity index (χ1v) is 8.33. The van der Waals surface area contributed by atoms with Crippen LogP contribution in [0.2, 0.25) is 0 Å². The van der Waals surface area contributed by atoms with Crippen LogP contribution < -0.4 is 5.32 Å². The van der Waals surface area contributed by atoms with Crippen LogP contribution >= 0.6 is 11.5 Å². The monoisotopic (exact) mass is 294 g/mol. The molecule has 0 aromatic carbocycles. The number of carbonyl (C=O) groups is 1. The summed E-state index contributed by atoms with van der Waals surface area (Å²) < 4.78 is 3.94. The minimum Gasteiger partial charge on any atom is -0.337 e. The van der Waals surface area contributed by atoms with Gasteiger partial charge in [0.05, 0.1) is 5.69 Å². The third kappa shape index (κ3) is 2.59. The third-order valence-electron chi connectivity index (χ3n) is 4.59. The minimum absolute atomic E-state index is 0.140. The van der Waals surface area contributed by atoms with Crippen molar-refractivity contribution in [2.24, 2.45) is 5.41 Å². The second-order valence-electron chi connectivity index (χ2n) is 6.01. The van der Waals surface area contributed by atoms with Crippen molar-refractivity contribution in [2.45, 2.75) is 39.0 Å². The molecule has 20 heavy (non-hydrogen) atoms. The highest BCUT2D eigenvalue weighted by Gasteiger charge is 2.38. The Hall–Kier alpha value is -1.01. The molecular formula is C14H22N4OS. The van der Waals surface area contributed by atoms with Gasteiger partial charge in [-0.3, -0.25) is 4.79 Å². The number of carbonyl (C=O) groups excluding carboxylic acids is 1. The molecule has 2 saturated heterocycles. The van der Waals surface area contributed by atoms with Crippen LogP contribution in [0.1, 0.15) is 48.0 Å². The molecule has 1 amide bonds. The molecule has 2 aliphatic heterocycles. The second-order valence-corrected chi connectivity index (χ2v) is 6.77. The SMILES string of the molecule is CCc1nnsc1C(=O)N1CCCC2(CCCNC2)C1. The van der Waals surface area contributed by atoms with Crippen molar-refractivity contribution < 1.29 is 4.79 Å². The normalized spacial score (nSPS) is 26.9. The van der Waals surface area contributed by atoms with Gasteiger partial charge < -0.3 is 10.2 Å². The van der Waals surface area contributed by atoms with Crippen LogP contribution in [-0.2, 0) is 6.42 Å². The van der Waals surface area contributed by atoms with Crippen LogP contribution in [0.15, 0.2) is 0 Å². The summed E-state index contributed by atoms with van der Waals surface area (Å²) in [6.45, 7) is 5.96. The van der Waals surface area contributed by atoms with Gasteiger partial charge in [-0.15, -0.1) is 5.10 Å². The van der Waals surface area contributed by atoms with Crippen LogP contribution in [0.25, 0.3) is 0 Å². The number of amides is 1. The second kappa shape index (κ2) is 5.77. The number of aromatic nitrogens is 2. The molecule has 3 rings (SSSR count). The van der Waals surface area contributed by atoms with E-state index >= 15 is 0 Å². The Morgan fingerprint density at radius 3 is 3.05 bits per heavy atom. The van der Waals surface area contributed by atoms with Crippen LogP contribution in [0.3, 0.4) is 0 Å². The highest BCUT2D eigenvalue weighted by molar-refractivity contribution is 7.08. The van der Waals surface area contributed by atoms with Gasteiger partial charge in [0.15, 0.2) is 0 Å². The minimum atomic E-state index is 0.140. The van der Waals surface area contributed by atoms with Crippen molar-refractivity contribution in [1.29, 1.82) is 0 Å². The Kier molecular flexibility index (Phi) is 4.03. The van der Waals surface area contributed by atoms with Gasteiger partial charge in [-0.25, -0.2) is 0 Å². The van der Waals surface area contributed by atoms with Crippen LogP contribution in [0.5, 0.6) is 0 Å². The summed E-state index contributed by atoms with van der Waals surface area (Å²) in [6, 6.07) is 0. The van der Waals surface area contributed by atoms with E-state index in [1.807, 2.05) is 11.8 Å². The zero-order valence-corrected chi connectivity index (χ0v) is 12.8. The van der Waals surface area contributed by atoms with Gasteiger partial charge in [-0.2, -0.15) is 0 Å². The zero-order valence-electron chi connectivity index (χ0n) is 12.0. The summed E-state index contributed by atoms with van der Waals surface area (Å²) in [6.07, 6.45) is 5.60. The maximum atomic E-state index is 12.7. The van der Waals surface area contributed by atoms with Crippen molar-refractivity contribution >= 4 is 17.4 Å². The number of hydrogen-bond donors (Lipinski definition) is 1. The quantitative estimate of drug-likeness (QED) is 0.902. The molecule has 1 aromatic rings. The molecule has 1 atom stereocenters. The van der Waals surface area contributed by atoms with E-state index in [-0.39, 0.29) is 5.91 Å². The molecule has 1 aromatic heterocycles. The number of nitrogens with zero attached hydrogens (tertiary/aromatic N) is 3. The van der Waals surface area contributed by atoms with Gasteiger partial charge in [-0.1, -0.05) is 11.4 Å². The van der Waals surface area contributed by atoms with Crippen LogP contribution in [-0.4, -0.2) is 46.6 Å². The molecule has 6 heteroatoms. The number of aryl methyl sites for hydroxylation is 1. The van der Waals surface area contributed by atoms with E-state index in [9.17, 15) is 4.79 Å². The molecule has 0 aliphatic carbocycles. The molecular weight excluding hydrogens is 272 g/mol. The maximum Gasteiger partial charge on any atom is 0.267 e. The Morgan fingerprint density at radius 1 is 1.45 bits per heavy atom. The summed E-state index contributed by atoms with van der Waals surface area (Å²) in [4.78, 5) is 15.5. The number of nitrogens with one attached hydrogen (secondary N) is 1. The highest BCUT2D eigenvalue weighted by Crippen LogP contribution is 2.36. The van der Waals surface area contributed by atoms with E-state index in [1.54, 1.807) is 0 Å². The highest BCUT2D eigenvalue weighted by atomic mass is 32.1. The fourth-order valence-corrected chi connectivity index (χ4v) is 4.22. The topological polar surface area (TPSA) is 58.1 Å². The Labute approximate surface area is 123 Å². The average molecular weight is 294 g/mol. The lowest BCUT2D eigenvalue weighted by atomic mass is 9.74. The first kappa shape index (κ1) is 13.9. The van der Waals surface area contributed by atoms with E-state index < -0.39 is 0 Å². The molecule has 5 nitrogen and oxygen atoms in total. The van der Waals surface area contributed by atoms with E-state index in [0.29, 0.717) is 5.41 Å². The first-order valence-electron chi connectivity index (χ1n) is 7.55. The van der Waals surface area contributed by atoms with E-state index in [2.05, 4.69) is 14.9 Å². The summed E-state index contributed by atoms with van der Waals surface area (Å²) in [5.74, 6) is 0.140. The lowest BCUT2D eigenvalue weighted by molar-refractivity contribution is 0.0437. The van der Waals surface area contributed by atoms with E-state index in [4.69, 9.17) is 0 Å². The van der Waals surface area contributed by atoms with Gasteiger partial charge >= 0.3 is 0 Å². The van der Waals surface area contributed by atoms with Gasteiger partial charge in [0, 0.05) is 25.0 Å². The van der Waals surface area contributed by atoms with Crippen molar-refractivity contribution in [3.63, 3.8) is 0 Å². The lowest BCUT2D eigenvalue weighted by Crippen LogP contribution is -2.52. The molecule has 2 fully saturated rings. The summed E-state index contributed by atoms with van der Waals surface area (Å²) >= 11 is 1.24. The van der Waals surface area contributed by atoms with Crippen LogP contribution in [0, 0.1) is 5.41 Å². The summed E-state index contributed by atoms with van der Waals surface area (Å²) in [7, 11) is 0. The molecule has 0 bridgehead atoms. The number of piperidine rings is 2. The van der Waals surface area contributed by atoms with Gasteiger partial charge in [0.1, 0.15) is 4.88 Å². The largest absolute Gasteiger partial charge is 0.337 e. The maximum absolute atomic E-state index is 12.7. The molecule has 2 aliphatic rings. The fourth-order valence-electron chi connectivity index (χ4n) is 3.51. The Bertz CT molecular complexity index is 476. The molecule has 0 saturated carbocycles. The molecule has 1 N–H and O–H groups in total.